The molecule has 68 heavy (non-hydrogen) atoms. The average molecular weight is 971 g/mol. The largest absolute Gasteiger partial charge is 0.574 e. The number of ether oxygens (including phenoxy) is 2. The lowest BCUT2D eigenvalue weighted by atomic mass is 9.90. The van der Waals surface area contributed by atoms with Gasteiger partial charge in [-0.1, -0.05) is 45.5 Å². The maximum absolute atomic E-state index is 13.3. The first-order valence-corrected chi connectivity index (χ1v) is 19.8. The maximum atomic E-state index is 13.3. The molecule has 2 saturated heterocycles. The van der Waals surface area contributed by atoms with E-state index in [4.69, 9.17) is 22.3 Å². The number of anilines is 2. The molecule has 4 aromatic rings. The van der Waals surface area contributed by atoms with Crippen molar-refractivity contribution in [3.05, 3.63) is 107 Å². The third kappa shape index (κ3) is 15.8. The van der Waals surface area contributed by atoms with E-state index in [0.717, 1.165) is 42.9 Å². The Bertz CT molecular complexity index is 2440. The zero-order chi connectivity index (χ0) is 50.0. The number of hydrogen-bond donors (Lipinski definition) is 5. The first-order chi connectivity index (χ1) is 31.2. The van der Waals surface area contributed by atoms with Gasteiger partial charge in [-0.2, -0.15) is 0 Å². The van der Waals surface area contributed by atoms with Crippen LogP contribution in [-0.4, -0.2) is 86.2 Å². The second kappa shape index (κ2) is 23.2. The van der Waals surface area contributed by atoms with Crippen molar-refractivity contribution in [1.29, 1.82) is 0 Å². The van der Waals surface area contributed by atoms with Gasteiger partial charge in [0.25, 0.3) is 11.8 Å². The van der Waals surface area contributed by atoms with Gasteiger partial charge < -0.3 is 46.9 Å². The molecule has 2 aliphatic heterocycles. The van der Waals surface area contributed by atoms with E-state index in [0.29, 0.717) is 24.9 Å². The van der Waals surface area contributed by atoms with E-state index in [2.05, 4.69) is 24.8 Å². The van der Waals surface area contributed by atoms with Crippen LogP contribution in [0.1, 0.15) is 90.9 Å². The molecule has 2 aromatic carbocycles. The van der Waals surface area contributed by atoms with Crippen LogP contribution in [0, 0.1) is 23.5 Å². The van der Waals surface area contributed by atoms with E-state index in [-0.39, 0.29) is 49.0 Å². The standard InChI is InChI=1S/C21H20F4N4O4.C14H16FNO3.C7H6F3N3O2.CH4/c1-11-2-7-16(12-3-5-13(22)6-4-12)29(10-11)20(32)18(31)28-14-8-15(17(26)30)19(27-9-14)33-21(23,24)25;1-9-2-7-12(10-3-5-11(15)6-4-10)16(8-9)13(17)14(18)19;8-7(9,10)15-6-4(5(12)14)1-3(11)2-13-6;/h3-6,8-9,11,16H,2,7,10H2,1H3,(H2,26,30)(H,28,31);3-6,9,12H,2,7-8H2,1H3,(H,18,19);1-2H,11H2,(H2,12,14);1H4/t11-,16+;9-,12+;;/m11../s1. The molecule has 2 aromatic heterocycles. The number of rotatable bonds is 7. The highest BCUT2D eigenvalue weighted by Crippen LogP contribution is 2.35. The van der Waals surface area contributed by atoms with Gasteiger partial charge in [-0.25, -0.2) is 23.5 Å². The van der Waals surface area contributed by atoms with E-state index >= 15 is 0 Å². The molecule has 6 rings (SSSR count). The zero-order valence-electron chi connectivity index (χ0n) is 35.2. The Morgan fingerprint density at radius 1 is 0.662 bits per heavy atom. The number of benzene rings is 2. The van der Waals surface area contributed by atoms with Crippen LogP contribution in [0.3, 0.4) is 0 Å². The number of nitrogens with one attached hydrogen (secondary N) is 1. The van der Waals surface area contributed by atoms with Crippen LogP contribution >= 0.6 is 0 Å². The van der Waals surface area contributed by atoms with Gasteiger partial charge in [0.1, 0.15) is 22.8 Å². The molecule has 4 heterocycles. The number of carboxylic acids is 1. The number of nitrogen functional groups attached to an aromatic ring is 1. The fraction of sp³-hybridized carbons (Fsp3) is 0.349. The number of alkyl halides is 6. The van der Waals surface area contributed by atoms with Crippen molar-refractivity contribution in [3.63, 3.8) is 0 Å². The van der Waals surface area contributed by atoms with Crippen molar-refractivity contribution in [2.75, 3.05) is 24.1 Å². The number of carboxylic acid groups (broad SMARTS) is 1. The molecule has 4 atom stereocenters. The first kappa shape index (κ1) is 54.7. The average Bonchev–Trinajstić information content (AvgIpc) is 3.24. The van der Waals surface area contributed by atoms with Gasteiger partial charge in [0.15, 0.2) is 0 Å². The minimum atomic E-state index is -5.11. The van der Waals surface area contributed by atoms with Crippen LogP contribution in [0.25, 0.3) is 0 Å². The number of hydrogen-bond acceptors (Lipinski definition) is 11. The summed E-state index contributed by atoms with van der Waals surface area (Å²) in [5, 5.41) is 11.1. The SMILES string of the molecule is C.C[C@@H]1CC[C@@H](c2ccc(F)cc2)N(C(=O)C(=O)Nc2cnc(OC(F)(F)F)c(C(N)=O)c2)C1.C[C@@H]1CC[C@@H](c2ccc(F)cc2)N(C(=O)C(=O)O)C1.NC(=O)c1cc(N)cnc1OC(F)(F)F. The second-order valence-electron chi connectivity index (χ2n) is 15.2. The minimum Gasteiger partial charge on any atom is -0.474 e. The number of aliphatic carboxylic acids is 1. The molecule has 368 valence electrons. The van der Waals surface area contributed by atoms with Gasteiger partial charge in [-0.05, 0) is 85.0 Å². The van der Waals surface area contributed by atoms with Crippen molar-refractivity contribution < 1.29 is 78.5 Å². The summed E-state index contributed by atoms with van der Waals surface area (Å²) < 4.78 is 106. The molecule has 5 amide bonds. The number of amides is 5. The molecule has 0 unspecified atom stereocenters. The molecule has 0 bridgehead atoms. The summed E-state index contributed by atoms with van der Waals surface area (Å²) in [5.74, 6) is -9.07. The molecular weight excluding hydrogens is 925 g/mol. The molecule has 25 heteroatoms. The third-order valence-electron chi connectivity index (χ3n) is 9.98. The van der Waals surface area contributed by atoms with Gasteiger partial charge in [-0.15, -0.1) is 26.3 Å². The number of halogens is 8. The number of likely N-dealkylation sites (tertiary alicyclic amines) is 2. The fourth-order valence-corrected chi connectivity index (χ4v) is 6.98. The Labute approximate surface area is 382 Å². The van der Waals surface area contributed by atoms with Gasteiger partial charge in [0, 0.05) is 13.1 Å². The van der Waals surface area contributed by atoms with Crippen LogP contribution in [0.5, 0.6) is 11.8 Å². The van der Waals surface area contributed by atoms with Crippen molar-refractivity contribution in [1.82, 2.24) is 19.8 Å². The quantitative estimate of drug-likeness (QED) is 0.0962. The number of nitrogens with two attached hydrogens (primary N) is 3. The highest BCUT2D eigenvalue weighted by atomic mass is 19.4. The summed E-state index contributed by atoms with van der Waals surface area (Å²) in [6.45, 7) is 4.61. The second-order valence-corrected chi connectivity index (χ2v) is 15.2. The van der Waals surface area contributed by atoms with Crippen LogP contribution in [0.4, 0.5) is 46.5 Å². The number of nitrogens with zero attached hydrogens (tertiary/aromatic N) is 4. The number of piperidine rings is 2. The molecule has 0 radical (unpaired) electrons. The number of primary amides is 2. The highest BCUT2D eigenvalue weighted by molar-refractivity contribution is 6.39. The van der Waals surface area contributed by atoms with E-state index in [1.807, 2.05) is 13.8 Å². The monoisotopic (exact) mass is 970 g/mol. The van der Waals surface area contributed by atoms with E-state index in [1.54, 1.807) is 12.1 Å². The fourth-order valence-electron chi connectivity index (χ4n) is 6.98. The number of carbonyl (C=O) groups excluding carboxylic acids is 5. The van der Waals surface area contributed by atoms with Gasteiger partial charge in [0.05, 0.1) is 35.9 Å². The Morgan fingerprint density at radius 2 is 1.06 bits per heavy atom. The maximum Gasteiger partial charge on any atom is 0.574 e. The van der Waals surface area contributed by atoms with Gasteiger partial charge in [0.2, 0.25) is 11.8 Å². The summed E-state index contributed by atoms with van der Waals surface area (Å²) in [6, 6.07) is 12.5. The predicted molar refractivity (Wildman–Crippen MR) is 225 cm³/mol. The molecule has 2 fully saturated rings. The predicted octanol–water partition coefficient (Wildman–Crippen LogP) is 6.66. The molecule has 0 saturated carbocycles. The summed E-state index contributed by atoms with van der Waals surface area (Å²) >= 11 is 0. The van der Waals surface area contributed by atoms with E-state index < -0.39 is 83.0 Å². The summed E-state index contributed by atoms with van der Waals surface area (Å²) in [5.41, 5.74) is 15.1. The first-order valence-electron chi connectivity index (χ1n) is 19.8. The van der Waals surface area contributed by atoms with Crippen molar-refractivity contribution in [2.24, 2.45) is 23.3 Å². The lowest BCUT2D eigenvalue weighted by molar-refractivity contribution is -0.277. The third-order valence-corrected chi connectivity index (χ3v) is 9.98. The molecule has 0 spiro atoms. The van der Waals surface area contributed by atoms with Crippen molar-refractivity contribution in [2.45, 2.75) is 71.8 Å². The lowest BCUT2D eigenvalue weighted by Gasteiger charge is -2.38. The van der Waals surface area contributed by atoms with Crippen LogP contribution < -0.4 is 32.0 Å². The molecule has 17 nitrogen and oxygen atoms in total. The Morgan fingerprint density at radius 3 is 1.46 bits per heavy atom. The van der Waals surface area contributed by atoms with Crippen molar-refractivity contribution >= 4 is 46.9 Å². The summed E-state index contributed by atoms with van der Waals surface area (Å²) in [7, 11) is 0. The normalized spacial score (nSPS) is 17.9. The Hall–Kier alpha value is -7.60. The van der Waals surface area contributed by atoms with E-state index in [1.165, 1.54) is 46.2 Å². The number of aromatic nitrogens is 2. The Kier molecular flexibility index (Phi) is 18.7. The molecule has 0 aliphatic carbocycles. The van der Waals surface area contributed by atoms with Crippen molar-refractivity contribution in [3.8, 4) is 11.8 Å². The minimum absolute atomic E-state index is 0. The topological polar surface area (TPSA) is 263 Å². The number of pyridine rings is 2. The molecular formula is C43H46F8N8O9. The van der Waals surface area contributed by atoms with Gasteiger partial charge in [-0.3, -0.25) is 24.0 Å². The molecule has 8 N–H and O–H groups in total. The highest BCUT2D eigenvalue weighted by Gasteiger charge is 2.37. The van der Waals surface area contributed by atoms with E-state index in [9.17, 15) is 63.9 Å². The van der Waals surface area contributed by atoms with Crippen LogP contribution in [0.15, 0.2) is 73.1 Å². The molecule has 2 aliphatic rings. The summed E-state index contributed by atoms with van der Waals surface area (Å²) in [4.78, 5) is 79.8. The van der Waals surface area contributed by atoms with Crippen LogP contribution in [-0.2, 0) is 19.2 Å². The van der Waals surface area contributed by atoms with Gasteiger partial charge >= 0.3 is 36.4 Å². The lowest BCUT2D eigenvalue weighted by Crippen LogP contribution is -2.46. The number of carbonyl (C=O) groups is 6. The Balaban J connectivity index is 0.000000296. The summed E-state index contributed by atoms with van der Waals surface area (Å²) in [6.07, 6.45) is -5.35. The zero-order valence-corrected chi connectivity index (χ0v) is 35.2. The van der Waals surface area contributed by atoms with Crippen LogP contribution in [0.2, 0.25) is 0 Å². The smallest absolute Gasteiger partial charge is 0.474 e.